The van der Waals surface area contributed by atoms with Gasteiger partial charge in [-0.15, -0.1) is 0 Å². The molecular formula is C13H22N4O. The summed E-state index contributed by atoms with van der Waals surface area (Å²) in [5, 5.41) is 2.96. The second-order valence-electron chi connectivity index (χ2n) is 4.87. The van der Waals surface area contributed by atoms with Gasteiger partial charge in [0.25, 0.3) is 5.91 Å². The van der Waals surface area contributed by atoms with Crippen LogP contribution in [0.3, 0.4) is 0 Å². The van der Waals surface area contributed by atoms with Crippen LogP contribution in [0.1, 0.15) is 29.4 Å². The van der Waals surface area contributed by atoms with Crippen LogP contribution < -0.4 is 11.1 Å². The van der Waals surface area contributed by atoms with Gasteiger partial charge in [0.1, 0.15) is 0 Å². The molecule has 0 saturated heterocycles. The van der Waals surface area contributed by atoms with E-state index in [9.17, 15) is 4.79 Å². The number of pyridine rings is 1. The van der Waals surface area contributed by atoms with Crippen molar-refractivity contribution in [2.24, 2.45) is 0 Å². The largest absolute Gasteiger partial charge is 0.397 e. The second-order valence-corrected chi connectivity index (χ2v) is 4.87. The average molecular weight is 250 g/mol. The van der Waals surface area contributed by atoms with Crippen LogP contribution in [-0.4, -0.2) is 42.5 Å². The van der Waals surface area contributed by atoms with Crippen LogP contribution in [0.2, 0.25) is 0 Å². The fraction of sp³-hybridized carbons (Fsp3) is 0.538. The van der Waals surface area contributed by atoms with Gasteiger partial charge in [-0.05, 0) is 47.0 Å². The molecule has 1 rings (SSSR count). The quantitative estimate of drug-likeness (QED) is 0.819. The number of anilines is 1. The number of nitrogens with one attached hydrogen (secondary N) is 1. The summed E-state index contributed by atoms with van der Waals surface area (Å²) < 4.78 is 0. The molecule has 0 fully saturated rings. The van der Waals surface area contributed by atoms with Gasteiger partial charge in [-0.2, -0.15) is 0 Å². The molecule has 18 heavy (non-hydrogen) atoms. The lowest BCUT2D eigenvalue weighted by Gasteiger charge is -2.17. The van der Waals surface area contributed by atoms with E-state index in [4.69, 9.17) is 5.73 Å². The Bertz CT molecular complexity index is 417. The Morgan fingerprint density at radius 3 is 2.83 bits per heavy atom. The number of hydrogen-bond donors (Lipinski definition) is 2. The highest BCUT2D eigenvalue weighted by molar-refractivity contribution is 5.96. The maximum atomic E-state index is 12.1. The Morgan fingerprint density at radius 1 is 1.56 bits per heavy atom. The summed E-state index contributed by atoms with van der Waals surface area (Å²) >= 11 is 0. The summed E-state index contributed by atoms with van der Waals surface area (Å²) in [5.41, 5.74) is 7.40. The van der Waals surface area contributed by atoms with E-state index in [1.165, 1.54) is 0 Å². The van der Waals surface area contributed by atoms with Crippen molar-refractivity contribution in [3.63, 3.8) is 0 Å². The average Bonchev–Trinajstić information content (AvgIpc) is 2.29. The van der Waals surface area contributed by atoms with Crippen molar-refractivity contribution in [1.82, 2.24) is 15.2 Å². The Hall–Kier alpha value is -1.62. The molecule has 1 aromatic rings. The minimum absolute atomic E-state index is 0.112. The van der Waals surface area contributed by atoms with Gasteiger partial charge in [-0.25, -0.2) is 0 Å². The van der Waals surface area contributed by atoms with Gasteiger partial charge in [-0.3, -0.25) is 9.78 Å². The van der Waals surface area contributed by atoms with Crippen LogP contribution in [0, 0.1) is 6.92 Å². The minimum Gasteiger partial charge on any atom is -0.397 e. The van der Waals surface area contributed by atoms with Crippen LogP contribution in [0.15, 0.2) is 12.3 Å². The third kappa shape index (κ3) is 4.33. The van der Waals surface area contributed by atoms with Gasteiger partial charge >= 0.3 is 0 Å². The smallest absolute Gasteiger partial charge is 0.253 e. The molecule has 3 N–H and O–H groups in total. The van der Waals surface area contributed by atoms with Crippen molar-refractivity contribution < 1.29 is 4.79 Å². The number of nitrogen functional groups attached to an aromatic ring is 1. The standard InChI is InChI=1S/C13H22N4O/c1-9(5-6-17(3)4)16-13(18)12-7-11(14)8-15-10(12)2/h7-9H,5-6,14H2,1-4H3,(H,16,18). The van der Waals surface area contributed by atoms with E-state index in [0.29, 0.717) is 16.9 Å². The van der Waals surface area contributed by atoms with E-state index in [1.54, 1.807) is 19.2 Å². The molecule has 1 unspecified atom stereocenters. The summed E-state index contributed by atoms with van der Waals surface area (Å²) in [6.07, 6.45) is 2.47. The maximum Gasteiger partial charge on any atom is 0.253 e. The van der Waals surface area contributed by atoms with E-state index < -0.39 is 0 Å². The highest BCUT2D eigenvalue weighted by Gasteiger charge is 2.13. The number of aryl methyl sites for hydroxylation is 1. The molecule has 0 bridgehead atoms. The number of nitrogens with two attached hydrogens (primary N) is 1. The molecule has 1 atom stereocenters. The third-order valence-electron chi connectivity index (χ3n) is 2.74. The van der Waals surface area contributed by atoms with Crippen molar-refractivity contribution in [2.75, 3.05) is 26.4 Å². The molecule has 1 aromatic heterocycles. The van der Waals surface area contributed by atoms with Crippen molar-refractivity contribution >= 4 is 11.6 Å². The first-order chi connectivity index (χ1) is 8.40. The van der Waals surface area contributed by atoms with Crippen molar-refractivity contribution in [3.8, 4) is 0 Å². The Kier molecular flexibility index (Phi) is 5.09. The second kappa shape index (κ2) is 6.35. The van der Waals surface area contributed by atoms with E-state index >= 15 is 0 Å². The fourth-order valence-corrected chi connectivity index (χ4v) is 1.60. The summed E-state index contributed by atoms with van der Waals surface area (Å²) in [7, 11) is 4.03. The van der Waals surface area contributed by atoms with Crippen LogP contribution in [0.5, 0.6) is 0 Å². The number of rotatable bonds is 5. The zero-order valence-corrected chi connectivity index (χ0v) is 11.5. The Morgan fingerprint density at radius 2 is 2.22 bits per heavy atom. The number of amides is 1. The lowest BCUT2D eigenvalue weighted by molar-refractivity contribution is 0.0936. The molecule has 0 saturated carbocycles. The summed E-state index contributed by atoms with van der Waals surface area (Å²) in [4.78, 5) is 18.2. The van der Waals surface area contributed by atoms with Gasteiger partial charge < -0.3 is 16.0 Å². The SMILES string of the molecule is Cc1ncc(N)cc1C(=O)NC(C)CCN(C)C. The van der Waals surface area contributed by atoms with Gasteiger partial charge in [0, 0.05) is 6.04 Å². The van der Waals surface area contributed by atoms with E-state index in [-0.39, 0.29) is 11.9 Å². The molecule has 5 nitrogen and oxygen atoms in total. The monoisotopic (exact) mass is 250 g/mol. The Labute approximate surface area is 108 Å². The summed E-state index contributed by atoms with van der Waals surface area (Å²) in [6, 6.07) is 1.79. The number of aromatic nitrogens is 1. The normalized spacial score (nSPS) is 12.5. The van der Waals surface area contributed by atoms with Gasteiger partial charge in [-0.1, -0.05) is 0 Å². The first-order valence-corrected chi connectivity index (χ1v) is 6.08. The number of carbonyl (C=O) groups excluding carboxylic acids is 1. The zero-order valence-electron chi connectivity index (χ0n) is 11.5. The number of carbonyl (C=O) groups is 1. The predicted molar refractivity (Wildman–Crippen MR) is 73.5 cm³/mol. The van der Waals surface area contributed by atoms with E-state index in [1.807, 2.05) is 21.0 Å². The lowest BCUT2D eigenvalue weighted by Crippen LogP contribution is -2.35. The zero-order chi connectivity index (χ0) is 13.7. The molecular weight excluding hydrogens is 228 g/mol. The van der Waals surface area contributed by atoms with Crippen LogP contribution in [0.25, 0.3) is 0 Å². The molecule has 0 aliphatic heterocycles. The molecule has 5 heteroatoms. The van der Waals surface area contributed by atoms with Crippen molar-refractivity contribution in [1.29, 1.82) is 0 Å². The number of hydrogen-bond acceptors (Lipinski definition) is 4. The summed E-state index contributed by atoms with van der Waals surface area (Å²) in [6.45, 7) is 4.74. The Balaban J connectivity index is 2.62. The molecule has 0 aliphatic rings. The maximum absolute atomic E-state index is 12.1. The molecule has 0 aliphatic carbocycles. The highest BCUT2D eigenvalue weighted by Crippen LogP contribution is 2.09. The first-order valence-electron chi connectivity index (χ1n) is 6.08. The predicted octanol–water partition coefficient (Wildman–Crippen LogP) is 1.04. The van der Waals surface area contributed by atoms with Crippen LogP contribution in [-0.2, 0) is 0 Å². The van der Waals surface area contributed by atoms with Crippen LogP contribution >= 0.6 is 0 Å². The van der Waals surface area contributed by atoms with Gasteiger partial charge in [0.2, 0.25) is 0 Å². The molecule has 1 heterocycles. The molecule has 1 amide bonds. The molecule has 0 radical (unpaired) electrons. The highest BCUT2D eigenvalue weighted by atomic mass is 16.1. The molecule has 0 spiro atoms. The van der Waals surface area contributed by atoms with Gasteiger partial charge in [0.05, 0.1) is 23.1 Å². The minimum atomic E-state index is -0.112. The lowest BCUT2D eigenvalue weighted by atomic mass is 10.1. The van der Waals surface area contributed by atoms with E-state index in [2.05, 4.69) is 15.2 Å². The van der Waals surface area contributed by atoms with E-state index in [0.717, 1.165) is 13.0 Å². The van der Waals surface area contributed by atoms with Crippen molar-refractivity contribution in [3.05, 3.63) is 23.5 Å². The summed E-state index contributed by atoms with van der Waals surface area (Å²) in [5.74, 6) is -0.112. The van der Waals surface area contributed by atoms with Crippen LogP contribution in [0.4, 0.5) is 5.69 Å². The topological polar surface area (TPSA) is 71.2 Å². The third-order valence-corrected chi connectivity index (χ3v) is 2.74. The fourth-order valence-electron chi connectivity index (χ4n) is 1.60. The van der Waals surface area contributed by atoms with Gasteiger partial charge in [0.15, 0.2) is 0 Å². The first kappa shape index (κ1) is 14.4. The van der Waals surface area contributed by atoms with Crippen molar-refractivity contribution in [2.45, 2.75) is 26.3 Å². The molecule has 0 aromatic carbocycles. The molecule has 100 valence electrons. The number of nitrogens with zero attached hydrogens (tertiary/aromatic N) is 2.